The Bertz CT molecular complexity index is 235. The van der Waals surface area contributed by atoms with E-state index >= 15 is 0 Å². The quantitative estimate of drug-likeness (QED) is 0.620. The van der Waals surface area contributed by atoms with Crippen molar-refractivity contribution in [2.24, 2.45) is 5.92 Å². The summed E-state index contributed by atoms with van der Waals surface area (Å²) >= 11 is 0. The van der Waals surface area contributed by atoms with Crippen molar-refractivity contribution in [2.45, 2.75) is 40.0 Å². The number of hydrogen-bond acceptors (Lipinski definition) is 3. The van der Waals surface area contributed by atoms with Crippen LogP contribution in [-0.2, 0) is 9.84 Å². The number of sulfone groups is 1. The molecule has 0 rings (SSSR count). The second kappa shape index (κ2) is 8.11. The van der Waals surface area contributed by atoms with E-state index in [9.17, 15) is 8.42 Å². The lowest BCUT2D eigenvalue weighted by Gasteiger charge is -2.07. The maximum atomic E-state index is 11.5. The number of hydrogen-bond donors (Lipinski definition) is 1. The molecule has 0 radical (unpaired) electrons. The maximum Gasteiger partial charge on any atom is 0.150 e. The van der Waals surface area contributed by atoms with Gasteiger partial charge >= 0.3 is 0 Å². The summed E-state index contributed by atoms with van der Waals surface area (Å²) in [6.45, 7) is 7.98. The molecule has 0 aliphatic heterocycles. The highest BCUT2D eigenvalue weighted by Gasteiger charge is 2.12. The molecule has 0 amide bonds. The first-order chi connectivity index (χ1) is 6.98. The molecule has 92 valence electrons. The van der Waals surface area contributed by atoms with Gasteiger partial charge in [-0.2, -0.15) is 0 Å². The van der Waals surface area contributed by atoms with E-state index in [0.717, 1.165) is 32.4 Å². The molecule has 0 unspecified atom stereocenters. The predicted molar refractivity (Wildman–Crippen MR) is 65.9 cm³/mol. The van der Waals surface area contributed by atoms with E-state index in [1.807, 2.05) is 13.8 Å². The smallest absolute Gasteiger partial charge is 0.150 e. The van der Waals surface area contributed by atoms with Gasteiger partial charge in [0.15, 0.2) is 9.84 Å². The van der Waals surface area contributed by atoms with Crippen molar-refractivity contribution in [3.63, 3.8) is 0 Å². The van der Waals surface area contributed by atoms with Crippen LogP contribution in [0.5, 0.6) is 0 Å². The lowest BCUT2D eigenvalue weighted by atomic mass is 10.3. The first-order valence-corrected chi connectivity index (χ1v) is 7.71. The van der Waals surface area contributed by atoms with Crippen molar-refractivity contribution in [1.82, 2.24) is 5.32 Å². The van der Waals surface area contributed by atoms with E-state index in [-0.39, 0.29) is 5.92 Å². The van der Waals surface area contributed by atoms with Gasteiger partial charge in [0.05, 0.1) is 11.5 Å². The van der Waals surface area contributed by atoms with E-state index in [0.29, 0.717) is 11.5 Å². The van der Waals surface area contributed by atoms with Gasteiger partial charge in [-0.25, -0.2) is 8.42 Å². The molecule has 0 aromatic carbocycles. The lowest BCUT2D eigenvalue weighted by molar-refractivity contribution is 0.574. The van der Waals surface area contributed by atoms with Crippen LogP contribution in [0.15, 0.2) is 0 Å². The second-order valence-corrected chi connectivity index (χ2v) is 6.69. The summed E-state index contributed by atoms with van der Waals surface area (Å²) in [5.41, 5.74) is 0. The molecule has 0 bridgehead atoms. The van der Waals surface area contributed by atoms with E-state index in [1.165, 1.54) is 0 Å². The Balaban J connectivity index is 3.50. The summed E-state index contributed by atoms with van der Waals surface area (Å²) in [4.78, 5) is 0. The third-order valence-corrected chi connectivity index (χ3v) is 4.16. The zero-order valence-electron chi connectivity index (χ0n) is 10.3. The SMILES string of the molecule is CCCNCCCCS(=O)(=O)CC(C)C. The summed E-state index contributed by atoms with van der Waals surface area (Å²) in [5, 5.41) is 3.27. The Kier molecular flexibility index (Phi) is 8.06. The maximum absolute atomic E-state index is 11.5. The molecule has 4 heteroatoms. The molecule has 0 saturated heterocycles. The molecule has 0 aromatic heterocycles. The van der Waals surface area contributed by atoms with E-state index in [2.05, 4.69) is 12.2 Å². The van der Waals surface area contributed by atoms with Crippen LogP contribution >= 0.6 is 0 Å². The molecule has 15 heavy (non-hydrogen) atoms. The predicted octanol–water partition coefficient (Wildman–Crippen LogP) is 1.84. The van der Waals surface area contributed by atoms with Gasteiger partial charge in [0.1, 0.15) is 0 Å². The molecule has 0 heterocycles. The average Bonchev–Trinajstić information content (AvgIpc) is 2.08. The van der Waals surface area contributed by atoms with Crippen molar-refractivity contribution >= 4 is 9.84 Å². The van der Waals surface area contributed by atoms with E-state index in [1.54, 1.807) is 0 Å². The zero-order valence-corrected chi connectivity index (χ0v) is 11.1. The normalized spacial score (nSPS) is 12.3. The molecule has 0 aromatic rings. The average molecular weight is 235 g/mol. The van der Waals surface area contributed by atoms with Crippen molar-refractivity contribution in [3.8, 4) is 0 Å². The Morgan fingerprint density at radius 3 is 2.33 bits per heavy atom. The molecule has 0 atom stereocenters. The fourth-order valence-electron chi connectivity index (χ4n) is 1.46. The Morgan fingerprint density at radius 2 is 1.80 bits per heavy atom. The third kappa shape index (κ3) is 10.2. The van der Waals surface area contributed by atoms with Crippen LogP contribution < -0.4 is 5.32 Å². The molecule has 1 N–H and O–H groups in total. The Morgan fingerprint density at radius 1 is 1.13 bits per heavy atom. The first kappa shape index (κ1) is 14.9. The van der Waals surface area contributed by atoms with E-state index < -0.39 is 9.84 Å². The molecule has 0 aliphatic carbocycles. The number of unbranched alkanes of at least 4 members (excludes halogenated alkanes) is 1. The van der Waals surface area contributed by atoms with Crippen LogP contribution in [-0.4, -0.2) is 33.0 Å². The molecular formula is C11H25NO2S. The van der Waals surface area contributed by atoms with Crippen molar-refractivity contribution in [3.05, 3.63) is 0 Å². The summed E-state index contributed by atoms with van der Waals surface area (Å²) in [7, 11) is -2.80. The second-order valence-electron chi connectivity index (χ2n) is 4.47. The summed E-state index contributed by atoms with van der Waals surface area (Å²) in [5.74, 6) is 0.919. The highest BCUT2D eigenvalue weighted by atomic mass is 32.2. The van der Waals surface area contributed by atoms with Crippen LogP contribution in [0.1, 0.15) is 40.0 Å². The summed E-state index contributed by atoms with van der Waals surface area (Å²) in [6, 6.07) is 0. The van der Waals surface area contributed by atoms with Crippen molar-refractivity contribution in [2.75, 3.05) is 24.6 Å². The Hall–Kier alpha value is -0.0900. The minimum atomic E-state index is -2.80. The van der Waals surface area contributed by atoms with Gasteiger partial charge in [-0.15, -0.1) is 0 Å². The van der Waals surface area contributed by atoms with Gasteiger partial charge in [0.25, 0.3) is 0 Å². The molecule has 0 saturated carbocycles. The first-order valence-electron chi connectivity index (χ1n) is 5.89. The topological polar surface area (TPSA) is 46.2 Å². The largest absolute Gasteiger partial charge is 0.317 e. The number of nitrogens with one attached hydrogen (secondary N) is 1. The van der Waals surface area contributed by atoms with Crippen LogP contribution in [0, 0.1) is 5.92 Å². The van der Waals surface area contributed by atoms with Crippen LogP contribution in [0.2, 0.25) is 0 Å². The van der Waals surface area contributed by atoms with Crippen LogP contribution in [0.3, 0.4) is 0 Å². The standard InChI is InChI=1S/C11H25NO2S/c1-4-7-12-8-5-6-9-15(13,14)10-11(2)3/h11-12H,4-10H2,1-3H3. The summed E-state index contributed by atoms with van der Waals surface area (Å²) < 4.78 is 23.0. The molecule has 0 aliphatic rings. The van der Waals surface area contributed by atoms with Gasteiger partial charge in [-0.05, 0) is 38.3 Å². The van der Waals surface area contributed by atoms with Crippen molar-refractivity contribution < 1.29 is 8.42 Å². The molecule has 0 spiro atoms. The molecule has 0 fully saturated rings. The fraction of sp³-hybridized carbons (Fsp3) is 1.00. The van der Waals surface area contributed by atoms with Crippen LogP contribution in [0.25, 0.3) is 0 Å². The van der Waals surface area contributed by atoms with Crippen molar-refractivity contribution in [1.29, 1.82) is 0 Å². The number of rotatable bonds is 9. The zero-order chi connectivity index (χ0) is 11.7. The van der Waals surface area contributed by atoms with Crippen LogP contribution in [0.4, 0.5) is 0 Å². The van der Waals surface area contributed by atoms with E-state index in [4.69, 9.17) is 0 Å². The molecule has 3 nitrogen and oxygen atoms in total. The van der Waals surface area contributed by atoms with Gasteiger partial charge < -0.3 is 5.32 Å². The Labute approximate surface area is 94.6 Å². The third-order valence-electron chi connectivity index (χ3n) is 2.07. The van der Waals surface area contributed by atoms with Gasteiger partial charge in [0.2, 0.25) is 0 Å². The minimum absolute atomic E-state index is 0.244. The summed E-state index contributed by atoms with van der Waals surface area (Å²) in [6.07, 6.45) is 2.87. The van der Waals surface area contributed by atoms with Gasteiger partial charge in [0, 0.05) is 0 Å². The molecular weight excluding hydrogens is 210 g/mol. The lowest BCUT2D eigenvalue weighted by Crippen LogP contribution is -2.19. The minimum Gasteiger partial charge on any atom is -0.317 e. The monoisotopic (exact) mass is 235 g/mol. The van der Waals surface area contributed by atoms with Gasteiger partial charge in [-0.1, -0.05) is 20.8 Å². The highest BCUT2D eigenvalue weighted by molar-refractivity contribution is 7.91. The van der Waals surface area contributed by atoms with Gasteiger partial charge in [-0.3, -0.25) is 0 Å². The fourth-order valence-corrected chi connectivity index (χ4v) is 3.29. The highest BCUT2D eigenvalue weighted by Crippen LogP contribution is 2.03.